The van der Waals surface area contributed by atoms with E-state index in [0.29, 0.717) is 0 Å². The molecule has 0 atom stereocenters. The fourth-order valence-electron chi connectivity index (χ4n) is 1.81. The molecule has 0 radical (unpaired) electrons. The molecule has 0 unspecified atom stereocenters. The van der Waals surface area contributed by atoms with Crippen LogP contribution in [0.2, 0.25) is 0 Å². The van der Waals surface area contributed by atoms with E-state index >= 15 is 0 Å². The Labute approximate surface area is 96.1 Å². The van der Waals surface area contributed by atoms with Crippen LogP contribution in [0.1, 0.15) is 17.5 Å². The zero-order chi connectivity index (χ0) is 11.4. The zero-order valence-corrected chi connectivity index (χ0v) is 9.35. The van der Waals surface area contributed by atoms with Gasteiger partial charge in [0.1, 0.15) is 0 Å². The number of aryl methyl sites for hydroxylation is 1. The van der Waals surface area contributed by atoms with E-state index in [0.717, 1.165) is 18.5 Å². The lowest BCUT2D eigenvalue weighted by atomic mass is 10.1. The summed E-state index contributed by atoms with van der Waals surface area (Å²) in [6.07, 6.45) is 6.72. The van der Waals surface area contributed by atoms with Crippen LogP contribution >= 0.6 is 0 Å². The molecular weight excluding hydrogens is 196 g/mol. The fourth-order valence-corrected chi connectivity index (χ4v) is 1.81. The highest BCUT2D eigenvalue weighted by Gasteiger charge is 2.05. The van der Waals surface area contributed by atoms with E-state index in [9.17, 15) is 0 Å². The van der Waals surface area contributed by atoms with Crippen LogP contribution in [-0.4, -0.2) is 4.90 Å². The number of hydrogen-bond acceptors (Lipinski definition) is 2. The summed E-state index contributed by atoms with van der Waals surface area (Å²) in [7, 11) is 0. The van der Waals surface area contributed by atoms with Gasteiger partial charge in [-0.25, -0.2) is 0 Å². The average Bonchev–Trinajstić information content (AvgIpc) is 2.29. The molecule has 0 N–H and O–H groups in total. The van der Waals surface area contributed by atoms with Crippen molar-refractivity contribution < 1.29 is 0 Å². The lowest BCUT2D eigenvalue weighted by molar-refractivity contribution is 0.489. The molecule has 16 heavy (non-hydrogen) atoms. The lowest BCUT2D eigenvalue weighted by Crippen LogP contribution is -2.12. The number of benzene rings is 1. The molecular formula is C14H14N2. The van der Waals surface area contributed by atoms with Crippen LogP contribution in [0.5, 0.6) is 0 Å². The van der Waals surface area contributed by atoms with Crippen molar-refractivity contribution in [3.05, 3.63) is 59.4 Å². The summed E-state index contributed by atoms with van der Waals surface area (Å²) in [6, 6.07) is 10.6. The molecule has 2 nitrogen and oxygen atoms in total. The summed E-state index contributed by atoms with van der Waals surface area (Å²) >= 11 is 0. The summed E-state index contributed by atoms with van der Waals surface area (Å²) in [6.45, 7) is 2.91. The molecule has 0 aromatic heterocycles. The normalized spacial score (nSPS) is 14.5. The van der Waals surface area contributed by atoms with Crippen molar-refractivity contribution in [1.82, 2.24) is 4.90 Å². The Kier molecular flexibility index (Phi) is 3.07. The third kappa shape index (κ3) is 2.52. The first-order valence-corrected chi connectivity index (χ1v) is 5.36. The second-order valence-electron chi connectivity index (χ2n) is 4.02. The highest BCUT2D eigenvalue weighted by molar-refractivity contribution is 5.28. The van der Waals surface area contributed by atoms with Crippen LogP contribution < -0.4 is 0 Å². The van der Waals surface area contributed by atoms with Gasteiger partial charge in [0.15, 0.2) is 0 Å². The minimum absolute atomic E-state index is 0.751. The van der Waals surface area contributed by atoms with Crippen LogP contribution in [0, 0.1) is 18.3 Å². The first kappa shape index (κ1) is 10.5. The molecule has 1 aromatic rings. The summed E-state index contributed by atoms with van der Waals surface area (Å²) in [4.78, 5) is 2.05. The predicted molar refractivity (Wildman–Crippen MR) is 64.2 cm³/mol. The smallest absolute Gasteiger partial charge is 0.0965 e. The summed E-state index contributed by atoms with van der Waals surface area (Å²) in [5.74, 6) is 0. The van der Waals surface area contributed by atoms with Gasteiger partial charge in [-0.3, -0.25) is 0 Å². The Hall–Kier alpha value is -2.01. The van der Waals surface area contributed by atoms with Crippen LogP contribution in [0.3, 0.4) is 0 Å². The van der Waals surface area contributed by atoms with Crippen molar-refractivity contribution in [3.63, 3.8) is 0 Å². The van der Waals surface area contributed by atoms with Crippen molar-refractivity contribution in [2.45, 2.75) is 19.9 Å². The van der Waals surface area contributed by atoms with Gasteiger partial charge >= 0.3 is 0 Å². The predicted octanol–water partition coefficient (Wildman–Crippen LogP) is 3.12. The summed E-state index contributed by atoms with van der Waals surface area (Å²) in [5.41, 5.74) is 3.35. The minimum Gasteiger partial charge on any atom is -0.349 e. The second-order valence-corrected chi connectivity index (χ2v) is 4.02. The molecule has 0 bridgehead atoms. The van der Waals surface area contributed by atoms with Gasteiger partial charge in [0.05, 0.1) is 6.07 Å². The molecule has 1 heterocycles. The van der Waals surface area contributed by atoms with Crippen molar-refractivity contribution in [1.29, 1.82) is 5.26 Å². The van der Waals surface area contributed by atoms with Crippen molar-refractivity contribution >= 4 is 0 Å². The third-order valence-corrected chi connectivity index (χ3v) is 2.55. The molecule has 80 valence electrons. The van der Waals surface area contributed by atoms with E-state index in [4.69, 9.17) is 5.26 Å². The SMILES string of the molecule is Cc1cccc(CN2C=CCC(C#N)=C2)c1. The maximum absolute atomic E-state index is 8.84. The number of allylic oxidation sites excluding steroid dienone is 2. The molecule has 0 fully saturated rings. The highest BCUT2D eigenvalue weighted by atomic mass is 15.1. The number of hydrogen-bond donors (Lipinski definition) is 0. The number of nitriles is 1. The van der Waals surface area contributed by atoms with Gasteiger partial charge in [-0.1, -0.05) is 35.9 Å². The van der Waals surface area contributed by atoms with Gasteiger partial charge in [-0.15, -0.1) is 0 Å². The Balaban J connectivity index is 2.11. The zero-order valence-electron chi connectivity index (χ0n) is 9.35. The molecule has 0 spiro atoms. The largest absolute Gasteiger partial charge is 0.349 e. The first-order valence-electron chi connectivity index (χ1n) is 5.36. The van der Waals surface area contributed by atoms with Crippen molar-refractivity contribution in [2.75, 3.05) is 0 Å². The van der Waals surface area contributed by atoms with Gasteiger partial charge < -0.3 is 4.90 Å². The van der Waals surface area contributed by atoms with E-state index in [1.54, 1.807) is 0 Å². The molecule has 1 aliphatic rings. The van der Waals surface area contributed by atoms with E-state index < -0.39 is 0 Å². The molecule has 2 rings (SSSR count). The van der Waals surface area contributed by atoms with E-state index in [2.05, 4.69) is 42.2 Å². The maximum Gasteiger partial charge on any atom is 0.0965 e. The number of rotatable bonds is 2. The first-order chi connectivity index (χ1) is 7.78. The van der Waals surface area contributed by atoms with Crippen molar-refractivity contribution in [3.8, 4) is 6.07 Å². The molecule has 0 saturated carbocycles. The fraction of sp³-hybridized carbons (Fsp3) is 0.214. The van der Waals surface area contributed by atoms with Gasteiger partial charge in [0.25, 0.3) is 0 Å². The topological polar surface area (TPSA) is 27.0 Å². The van der Waals surface area contributed by atoms with Crippen LogP contribution in [-0.2, 0) is 6.54 Å². The van der Waals surface area contributed by atoms with Crippen LogP contribution in [0.15, 0.2) is 48.3 Å². The molecule has 1 aliphatic heterocycles. The lowest BCUT2D eigenvalue weighted by Gasteiger charge is -2.19. The second kappa shape index (κ2) is 4.67. The molecule has 0 aliphatic carbocycles. The minimum atomic E-state index is 0.751. The molecule has 1 aromatic carbocycles. The highest BCUT2D eigenvalue weighted by Crippen LogP contribution is 2.15. The Bertz CT molecular complexity index is 478. The quantitative estimate of drug-likeness (QED) is 0.749. The molecule has 0 saturated heterocycles. The molecule has 0 amide bonds. The number of nitrogens with zero attached hydrogens (tertiary/aromatic N) is 2. The van der Waals surface area contributed by atoms with E-state index in [1.165, 1.54) is 11.1 Å². The third-order valence-electron chi connectivity index (χ3n) is 2.55. The van der Waals surface area contributed by atoms with E-state index in [-0.39, 0.29) is 0 Å². The maximum atomic E-state index is 8.84. The molecule has 2 heteroatoms. The van der Waals surface area contributed by atoms with E-state index in [1.807, 2.05) is 18.5 Å². The summed E-state index contributed by atoms with van der Waals surface area (Å²) < 4.78 is 0. The summed E-state index contributed by atoms with van der Waals surface area (Å²) in [5, 5.41) is 8.84. The Morgan fingerprint density at radius 3 is 3.06 bits per heavy atom. The monoisotopic (exact) mass is 210 g/mol. The van der Waals surface area contributed by atoms with Gasteiger partial charge in [0.2, 0.25) is 0 Å². The van der Waals surface area contributed by atoms with Crippen molar-refractivity contribution in [2.24, 2.45) is 0 Å². The average molecular weight is 210 g/mol. The van der Waals surface area contributed by atoms with Crippen LogP contribution in [0.4, 0.5) is 0 Å². The standard InChI is InChI=1S/C14H14N2/c1-12-4-2-5-13(8-12)10-16-7-3-6-14(9-15)11-16/h2-5,7-8,11H,6,10H2,1H3. The Morgan fingerprint density at radius 2 is 2.31 bits per heavy atom. The van der Waals surface area contributed by atoms with Crippen LogP contribution in [0.25, 0.3) is 0 Å². The van der Waals surface area contributed by atoms with Gasteiger partial charge in [-0.2, -0.15) is 5.26 Å². The van der Waals surface area contributed by atoms with Gasteiger partial charge in [-0.05, 0) is 12.5 Å². The Morgan fingerprint density at radius 1 is 1.44 bits per heavy atom. The van der Waals surface area contributed by atoms with Gasteiger partial charge in [0, 0.05) is 30.9 Å².